The summed E-state index contributed by atoms with van der Waals surface area (Å²) in [6, 6.07) is 8.48. The molecule has 0 aliphatic heterocycles. The smallest absolute Gasteiger partial charge is 0.223 e. The Morgan fingerprint density at radius 2 is 1.74 bits per heavy atom. The molecule has 0 radical (unpaired) electrons. The van der Waals surface area contributed by atoms with Gasteiger partial charge in [-0.3, -0.25) is 4.79 Å². The molecule has 1 aromatic rings. The SMILES string of the molecule is C=CCN(CC=C)C(=O)CCCc1ccc(C)cc1. The minimum atomic E-state index is 0.173. The molecule has 2 heteroatoms. The Kier molecular flexibility index (Phi) is 6.65. The summed E-state index contributed by atoms with van der Waals surface area (Å²) in [5.74, 6) is 0.173. The molecule has 0 bridgehead atoms. The van der Waals surface area contributed by atoms with Crippen molar-refractivity contribution >= 4 is 5.91 Å². The van der Waals surface area contributed by atoms with Gasteiger partial charge in [0.2, 0.25) is 5.91 Å². The lowest BCUT2D eigenvalue weighted by Gasteiger charge is -2.19. The van der Waals surface area contributed by atoms with E-state index in [1.54, 1.807) is 17.1 Å². The highest BCUT2D eigenvalue weighted by Gasteiger charge is 2.09. The van der Waals surface area contributed by atoms with Crippen molar-refractivity contribution in [1.29, 1.82) is 0 Å². The zero-order valence-corrected chi connectivity index (χ0v) is 11.8. The van der Waals surface area contributed by atoms with Crippen LogP contribution in [0.5, 0.6) is 0 Å². The average molecular weight is 257 g/mol. The van der Waals surface area contributed by atoms with E-state index in [2.05, 4.69) is 44.3 Å². The number of benzene rings is 1. The number of rotatable bonds is 8. The molecular formula is C17H23NO. The summed E-state index contributed by atoms with van der Waals surface area (Å²) in [6.45, 7) is 10.6. The highest BCUT2D eigenvalue weighted by atomic mass is 16.2. The molecule has 0 heterocycles. The van der Waals surface area contributed by atoms with Gasteiger partial charge in [-0.05, 0) is 25.3 Å². The maximum absolute atomic E-state index is 12.0. The molecule has 1 rings (SSSR count). The molecule has 0 unspecified atom stereocenters. The van der Waals surface area contributed by atoms with E-state index in [0.29, 0.717) is 19.5 Å². The zero-order chi connectivity index (χ0) is 14.1. The van der Waals surface area contributed by atoms with Gasteiger partial charge < -0.3 is 4.90 Å². The molecule has 1 amide bonds. The molecule has 0 N–H and O–H groups in total. The van der Waals surface area contributed by atoms with Crippen LogP contribution in [-0.2, 0) is 11.2 Å². The molecule has 0 saturated carbocycles. The molecule has 2 nitrogen and oxygen atoms in total. The van der Waals surface area contributed by atoms with E-state index in [1.165, 1.54) is 11.1 Å². The van der Waals surface area contributed by atoms with Crippen molar-refractivity contribution in [3.05, 3.63) is 60.7 Å². The second kappa shape index (κ2) is 8.30. The molecule has 102 valence electrons. The Bertz CT molecular complexity index is 409. The fourth-order valence-electron chi connectivity index (χ4n) is 1.95. The quantitative estimate of drug-likeness (QED) is 0.653. The van der Waals surface area contributed by atoms with Crippen LogP contribution < -0.4 is 0 Å². The highest BCUT2D eigenvalue weighted by molar-refractivity contribution is 5.76. The van der Waals surface area contributed by atoms with Crippen molar-refractivity contribution in [2.45, 2.75) is 26.2 Å². The van der Waals surface area contributed by atoms with Crippen LogP contribution in [0.4, 0.5) is 0 Å². The van der Waals surface area contributed by atoms with Gasteiger partial charge in [-0.25, -0.2) is 0 Å². The van der Waals surface area contributed by atoms with Gasteiger partial charge in [0.1, 0.15) is 0 Å². The molecule has 0 atom stereocenters. The summed E-state index contributed by atoms with van der Waals surface area (Å²) in [6.07, 6.45) is 5.91. The largest absolute Gasteiger partial charge is 0.335 e. The molecule has 0 fully saturated rings. The van der Waals surface area contributed by atoms with E-state index in [0.717, 1.165) is 12.8 Å². The summed E-state index contributed by atoms with van der Waals surface area (Å²) in [5.41, 5.74) is 2.56. The Balaban J connectivity index is 2.38. The standard InChI is InChI=1S/C17H23NO/c1-4-13-18(14-5-2)17(19)8-6-7-16-11-9-15(3)10-12-16/h4-5,9-12H,1-2,6-8,13-14H2,3H3. The molecular weight excluding hydrogens is 234 g/mol. The van der Waals surface area contributed by atoms with Gasteiger partial charge in [-0.1, -0.05) is 42.0 Å². The van der Waals surface area contributed by atoms with Crippen LogP contribution >= 0.6 is 0 Å². The Labute approximate surface area is 116 Å². The third kappa shape index (κ3) is 5.56. The Morgan fingerprint density at radius 1 is 1.16 bits per heavy atom. The van der Waals surface area contributed by atoms with Crippen molar-refractivity contribution in [3.8, 4) is 0 Å². The first-order valence-corrected chi connectivity index (χ1v) is 6.72. The van der Waals surface area contributed by atoms with E-state index in [-0.39, 0.29) is 5.91 Å². The van der Waals surface area contributed by atoms with Crippen LogP contribution in [0.25, 0.3) is 0 Å². The van der Waals surface area contributed by atoms with Gasteiger partial charge in [0.05, 0.1) is 0 Å². The van der Waals surface area contributed by atoms with Crippen LogP contribution in [-0.4, -0.2) is 23.9 Å². The number of nitrogens with zero attached hydrogens (tertiary/aromatic N) is 1. The minimum Gasteiger partial charge on any atom is -0.335 e. The van der Waals surface area contributed by atoms with Crippen molar-refractivity contribution in [1.82, 2.24) is 4.90 Å². The molecule has 0 saturated heterocycles. The summed E-state index contributed by atoms with van der Waals surface area (Å²) < 4.78 is 0. The summed E-state index contributed by atoms with van der Waals surface area (Å²) >= 11 is 0. The molecule has 0 aliphatic rings. The number of carbonyl (C=O) groups excluding carboxylic acids is 1. The average Bonchev–Trinajstić information content (AvgIpc) is 2.40. The number of hydrogen-bond acceptors (Lipinski definition) is 1. The van der Waals surface area contributed by atoms with Crippen LogP contribution in [0, 0.1) is 6.92 Å². The van der Waals surface area contributed by atoms with E-state index < -0.39 is 0 Å². The maximum atomic E-state index is 12.0. The van der Waals surface area contributed by atoms with Crippen molar-refractivity contribution in [2.24, 2.45) is 0 Å². The fourth-order valence-corrected chi connectivity index (χ4v) is 1.95. The van der Waals surface area contributed by atoms with Gasteiger partial charge in [-0.15, -0.1) is 13.2 Å². The molecule has 0 aliphatic carbocycles. The second-order valence-corrected chi connectivity index (χ2v) is 4.72. The first kappa shape index (κ1) is 15.2. The van der Waals surface area contributed by atoms with Gasteiger partial charge >= 0.3 is 0 Å². The first-order chi connectivity index (χ1) is 9.17. The van der Waals surface area contributed by atoms with E-state index in [4.69, 9.17) is 0 Å². The van der Waals surface area contributed by atoms with Crippen LogP contribution in [0.15, 0.2) is 49.6 Å². The van der Waals surface area contributed by atoms with Crippen LogP contribution in [0.1, 0.15) is 24.0 Å². The zero-order valence-electron chi connectivity index (χ0n) is 11.8. The third-order valence-corrected chi connectivity index (χ3v) is 3.03. The first-order valence-electron chi connectivity index (χ1n) is 6.72. The maximum Gasteiger partial charge on any atom is 0.223 e. The van der Waals surface area contributed by atoms with Crippen molar-refractivity contribution in [3.63, 3.8) is 0 Å². The van der Waals surface area contributed by atoms with E-state index in [9.17, 15) is 4.79 Å². The Hall–Kier alpha value is -1.83. The van der Waals surface area contributed by atoms with Crippen molar-refractivity contribution < 1.29 is 4.79 Å². The van der Waals surface area contributed by atoms with E-state index in [1.807, 2.05) is 0 Å². The number of aryl methyl sites for hydroxylation is 2. The summed E-state index contributed by atoms with van der Waals surface area (Å²) in [4.78, 5) is 13.8. The highest BCUT2D eigenvalue weighted by Crippen LogP contribution is 2.08. The van der Waals surface area contributed by atoms with Gasteiger partial charge in [0.25, 0.3) is 0 Å². The monoisotopic (exact) mass is 257 g/mol. The number of carbonyl (C=O) groups is 1. The van der Waals surface area contributed by atoms with Gasteiger partial charge in [0.15, 0.2) is 0 Å². The normalized spacial score (nSPS) is 9.95. The molecule has 1 aromatic carbocycles. The van der Waals surface area contributed by atoms with Crippen molar-refractivity contribution in [2.75, 3.05) is 13.1 Å². The number of amides is 1. The molecule has 19 heavy (non-hydrogen) atoms. The summed E-state index contributed by atoms with van der Waals surface area (Å²) in [5, 5.41) is 0. The Morgan fingerprint density at radius 3 is 2.26 bits per heavy atom. The van der Waals surface area contributed by atoms with Gasteiger partial charge in [-0.2, -0.15) is 0 Å². The lowest BCUT2D eigenvalue weighted by molar-refractivity contribution is -0.130. The second-order valence-electron chi connectivity index (χ2n) is 4.72. The van der Waals surface area contributed by atoms with E-state index >= 15 is 0 Å². The summed E-state index contributed by atoms with van der Waals surface area (Å²) in [7, 11) is 0. The number of hydrogen-bond donors (Lipinski definition) is 0. The predicted molar refractivity (Wildman–Crippen MR) is 81.1 cm³/mol. The lowest BCUT2D eigenvalue weighted by Crippen LogP contribution is -2.31. The fraction of sp³-hybridized carbons (Fsp3) is 0.353. The molecule has 0 aromatic heterocycles. The van der Waals surface area contributed by atoms with Gasteiger partial charge in [0, 0.05) is 19.5 Å². The predicted octanol–water partition coefficient (Wildman–Crippen LogP) is 3.52. The topological polar surface area (TPSA) is 20.3 Å². The van der Waals surface area contributed by atoms with Crippen LogP contribution in [0.2, 0.25) is 0 Å². The lowest BCUT2D eigenvalue weighted by atomic mass is 10.1. The molecule has 0 spiro atoms. The minimum absolute atomic E-state index is 0.173. The third-order valence-electron chi connectivity index (χ3n) is 3.03. The van der Waals surface area contributed by atoms with Crippen LogP contribution in [0.3, 0.4) is 0 Å².